The van der Waals surface area contributed by atoms with Crippen molar-refractivity contribution in [2.45, 2.75) is 0 Å². The number of benzene rings is 2. The van der Waals surface area contributed by atoms with Crippen molar-refractivity contribution in [1.29, 1.82) is 0 Å². The van der Waals surface area contributed by atoms with Crippen LogP contribution >= 0.6 is 23.4 Å². The summed E-state index contributed by atoms with van der Waals surface area (Å²) < 4.78 is 5.12. The van der Waals surface area contributed by atoms with Crippen LogP contribution in [0.4, 0.5) is 5.69 Å². The number of carbonyl (C=O) groups excluding carboxylic acids is 1. The van der Waals surface area contributed by atoms with Crippen LogP contribution in [-0.2, 0) is 4.79 Å². The molecule has 0 aromatic heterocycles. The molecule has 1 amide bonds. The molecule has 2 aromatic carbocycles. The minimum atomic E-state index is -0.138. The Kier molecular flexibility index (Phi) is 5.01. The summed E-state index contributed by atoms with van der Waals surface area (Å²) in [6, 6.07) is 12.1. The molecule has 1 aliphatic rings. The lowest BCUT2D eigenvalue weighted by molar-refractivity contribution is -0.121. The first-order valence-electron chi connectivity index (χ1n) is 7.37. The van der Waals surface area contributed by atoms with Crippen LogP contribution in [0.5, 0.6) is 11.5 Å². The topological polar surface area (TPSA) is 62.1 Å². The maximum atomic E-state index is 12.4. The van der Waals surface area contributed by atoms with Crippen molar-refractivity contribution >= 4 is 46.2 Å². The molecule has 1 saturated heterocycles. The van der Waals surface area contributed by atoms with Crippen molar-refractivity contribution in [2.24, 2.45) is 4.99 Å². The SMILES string of the molecule is COc1ccc(N=C2S/C(=C\c3ccc(O)c(Cl)c3)C(=O)N2C)cc1. The number of ether oxygens (including phenoxy) is 1. The van der Waals surface area contributed by atoms with Gasteiger partial charge in [0.25, 0.3) is 5.91 Å². The summed E-state index contributed by atoms with van der Waals surface area (Å²) in [4.78, 5) is 19.0. The first kappa shape index (κ1) is 17.4. The van der Waals surface area contributed by atoms with E-state index in [0.717, 1.165) is 17.0 Å². The molecular formula is C18H15ClN2O3S. The summed E-state index contributed by atoms with van der Waals surface area (Å²) in [6.07, 6.45) is 1.73. The molecule has 1 fully saturated rings. The molecule has 0 atom stereocenters. The molecule has 0 radical (unpaired) electrons. The van der Waals surface area contributed by atoms with Gasteiger partial charge < -0.3 is 9.84 Å². The second-order valence-electron chi connectivity index (χ2n) is 5.28. The summed E-state index contributed by atoms with van der Waals surface area (Å²) in [6.45, 7) is 0. The zero-order valence-corrected chi connectivity index (χ0v) is 15.1. The van der Waals surface area contributed by atoms with E-state index in [1.54, 1.807) is 32.4 Å². The zero-order chi connectivity index (χ0) is 18.0. The first-order chi connectivity index (χ1) is 12.0. The number of amidine groups is 1. The van der Waals surface area contributed by atoms with Gasteiger partial charge in [-0.2, -0.15) is 0 Å². The monoisotopic (exact) mass is 374 g/mol. The average molecular weight is 375 g/mol. The number of hydrogen-bond donors (Lipinski definition) is 1. The third-order valence-corrected chi connectivity index (χ3v) is 4.93. The number of methoxy groups -OCH3 is 1. The predicted octanol–water partition coefficient (Wildman–Crippen LogP) is 4.29. The Morgan fingerprint density at radius 3 is 2.60 bits per heavy atom. The standard InChI is InChI=1S/C18H15ClN2O3S/c1-21-17(23)16(10-11-3-8-15(22)14(19)9-11)25-18(21)20-12-4-6-13(24-2)7-5-12/h3-10,22H,1-2H3/b16-10-,20-18?. The molecule has 1 N–H and O–H groups in total. The Balaban J connectivity index is 1.87. The van der Waals surface area contributed by atoms with E-state index in [-0.39, 0.29) is 16.7 Å². The number of thioether (sulfide) groups is 1. The van der Waals surface area contributed by atoms with Gasteiger partial charge in [0.1, 0.15) is 11.5 Å². The number of aliphatic imine (C=N–C) groups is 1. The number of halogens is 1. The van der Waals surface area contributed by atoms with Gasteiger partial charge in [0.05, 0.1) is 22.7 Å². The van der Waals surface area contributed by atoms with Crippen molar-refractivity contribution in [3.05, 3.63) is 58.0 Å². The number of likely N-dealkylation sites (N-methyl/N-ethyl adjacent to an activating group) is 1. The molecule has 0 bridgehead atoms. The number of aromatic hydroxyl groups is 1. The van der Waals surface area contributed by atoms with E-state index in [4.69, 9.17) is 16.3 Å². The van der Waals surface area contributed by atoms with Crippen LogP contribution in [0.25, 0.3) is 6.08 Å². The van der Waals surface area contributed by atoms with Crippen molar-refractivity contribution in [3.8, 4) is 11.5 Å². The fourth-order valence-corrected chi connectivity index (χ4v) is 3.36. The van der Waals surface area contributed by atoms with Crippen LogP contribution in [0.1, 0.15) is 5.56 Å². The molecule has 128 valence electrons. The molecule has 0 spiro atoms. The molecule has 2 aromatic rings. The summed E-state index contributed by atoms with van der Waals surface area (Å²) in [5.74, 6) is 0.617. The van der Waals surface area contributed by atoms with Gasteiger partial charge in [-0.1, -0.05) is 17.7 Å². The highest BCUT2D eigenvalue weighted by atomic mass is 35.5. The van der Waals surface area contributed by atoms with Gasteiger partial charge >= 0.3 is 0 Å². The average Bonchev–Trinajstić information content (AvgIpc) is 2.87. The number of phenolic OH excluding ortho intramolecular Hbond substituents is 1. The summed E-state index contributed by atoms with van der Waals surface area (Å²) in [5, 5.41) is 10.3. The molecule has 7 heteroatoms. The van der Waals surface area contributed by atoms with Crippen molar-refractivity contribution < 1.29 is 14.6 Å². The van der Waals surface area contributed by atoms with Crippen LogP contribution in [0, 0.1) is 0 Å². The highest BCUT2D eigenvalue weighted by Crippen LogP contribution is 2.34. The summed E-state index contributed by atoms with van der Waals surface area (Å²) in [5.41, 5.74) is 1.47. The van der Waals surface area contributed by atoms with Crippen LogP contribution in [0.15, 0.2) is 52.4 Å². The molecular weight excluding hydrogens is 360 g/mol. The molecule has 3 rings (SSSR count). The van der Waals surface area contributed by atoms with Crippen molar-refractivity contribution in [1.82, 2.24) is 4.90 Å². The fraction of sp³-hybridized carbons (Fsp3) is 0.111. The van der Waals surface area contributed by atoms with E-state index < -0.39 is 0 Å². The predicted molar refractivity (Wildman–Crippen MR) is 102 cm³/mol. The zero-order valence-electron chi connectivity index (χ0n) is 13.6. The van der Waals surface area contributed by atoms with Crippen LogP contribution in [0.2, 0.25) is 5.02 Å². The van der Waals surface area contributed by atoms with Gasteiger partial charge in [-0.15, -0.1) is 0 Å². The van der Waals surface area contributed by atoms with Crippen molar-refractivity contribution in [2.75, 3.05) is 14.2 Å². The molecule has 0 saturated carbocycles. The highest BCUT2D eigenvalue weighted by Gasteiger charge is 2.30. The van der Waals surface area contributed by atoms with Gasteiger partial charge in [-0.3, -0.25) is 9.69 Å². The van der Waals surface area contributed by atoms with E-state index >= 15 is 0 Å². The van der Waals surface area contributed by atoms with Crippen molar-refractivity contribution in [3.63, 3.8) is 0 Å². The lowest BCUT2D eigenvalue weighted by Crippen LogP contribution is -2.23. The Bertz CT molecular complexity index is 878. The Morgan fingerprint density at radius 1 is 1.24 bits per heavy atom. The number of rotatable bonds is 3. The Labute approximate surface area is 154 Å². The maximum absolute atomic E-state index is 12.4. The lowest BCUT2D eigenvalue weighted by atomic mass is 10.2. The number of amides is 1. The smallest absolute Gasteiger partial charge is 0.266 e. The lowest BCUT2D eigenvalue weighted by Gasteiger charge is -2.07. The molecule has 5 nitrogen and oxygen atoms in total. The van der Waals surface area contributed by atoms with Gasteiger partial charge in [-0.25, -0.2) is 4.99 Å². The van der Waals surface area contributed by atoms with E-state index in [1.165, 1.54) is 22.7 Å². The first-order valence-corrected chi connectivity index (χ1v) is 8.56. The summed E-state index contributed by atoms with van der Waals surface area (Å²) >= 11 is 7.20. The van der Waals surface area contributed by atoms with Gasteiger partial charge in [0.2, 0.25) is 0 Å². The summed E-state index contributed by atoms with van der Waals surface area (Å²) in [7, 11) is 3.29. The Hall–Kier alpha value is -2.44. The number of carbonyl (C=O) groups is 1. The third-order valence-electron chi connectivity index (χ3n) is 3.57. The van der Waals surface area contributed by atoms with Crippen LogP contribution in [-0.4, -0.2) is 35.2 Å². The van der Waals surface area contributed by atoms with E-state index in [9.17, 15) is 9.90 Å². The second kappa shape index (κ2) is 7.21. The molecule has 1 heterocycles. The van der Waals surface area contributed by atoms with Gasteiger partial charge in [0, 0.05) is 7.05 Å². The van der Waals surface area contributed by atoms with Gasteiger partial charge in [-0.05, 0) is 59.8 Å². The fourth-order valence-electron chi connectivity index (χ4n) is 2.18. The largest absolute Gasteiger partial charge is 0.506 e. The van der Waals surface area contributed by atoms with Crippen LogP contribution in [0.3, 0.4) is 0 Å². The number of phenols is 1. The highest BCUT2D eigenvalue weighted by molar-refractivity contribution is 8.18. The molecule has 0 unspecified atom stereocenters. The minimum absolute atomic E-state index is 0.00749. The normalized spacial score (nSPS) is 17.6. The molecule has 25 heavy (non-hydrogen) atoms. The second-order valence-corrected chi connectivity index (χ2v) is 6.69. The van der Waals surface area contributed by atoms with Crippen LogP contribution < -0.4 is 4.74 Å². The quantitative estimate of drug-likeness (QED) is 0.814. The van der Waals surface area contributed by atoms with E-state index in [2.05, 4.69) is 4.99 Å². The third kappa shape index (κ3) is 3.81. The van der Waals surface area contributed by atoms with E-state index in [0.29, 0.717) is 10.1 Å². The minimum Gasteiger partial charge on any atom is -0.506 e. The molecule has 1 aliphatic heterocycles. The Morgan fingerprint density at radius 2 is 1.96 bits per heavy atom. The molecule has 0 aliphatic carbocycles. The van der Waals surface area contributed by atoms with Gasteiger partial charge in [0.15, 0.2) is 5.17 Å². The maximum Gasteiger partial charge on any atom is 0.266 e. The number of hydrogen-bond acceptors (Lipinski definition) is 5. The van der Waals surface area contributed by atoms with E-state index in [1.807, 2.05) is 24.3 Å². The number of nitrogens with zero attached hydrogens (tertiary/aromatic N) is 2.